The maximum Gasteiger partial charge on any atom is 0.244 e. The summed E-state index contributed by atoms with van der Waals surface area (Å²) in [4.78, 5) is 16.1. The van der Waals surface area contributed by atoms with Crippen molar-refractivity contribution in [1.29, 1.82) is 0 Å². The van der Waals surface area contributed by atoms with Gasteiger partial charge in [-0.3, -0.25) is 4.79 Å². The molecule has 1 aromatic rings. The van der Waals surface area contributed by atoms with E-state index < -0.39 is 5.54 Å². The van der Waals surface area contributed by atoms with Crippen molar-refractivity contribution in [2.24, 2.45) is 5.73 Å². The van der Waals surface area contributed by atoms with Gasteiger partial charge in [-0.15, -0.1) is 0 Å². The minimum Gasteiger partial charge on any atom is -0.381 e. The van der Waals surface area contributed by atoms with E-state index in [1.807, 2.05) is 6.92 Å². The number of pyridine rings is 1. The van der Waals surface area contributed by atoms with E-state index in [1.54, 1.807) is 6.07 Å². The highest BCUT2D eigenvalue weighted by molar-refractivity contribution is 6.29. The first-order valence-corrected chi connectivity index (χ1v) is 6.19. The minimum absolute atomic E-state index is 0.196. The van der Waals surface area contributed by atoms with Crippen LogP contribution in [0.5, 0.6) is 0 Å². The first-order chi connectivity index (χ1) is 8.51. The van der Waals surface area contributed by atoms with E-state index in [1.165, 1.54) is 6.20 Å². The Morgan fingerprint density at radius 2 is 2.22 bits per heavy atom. The summed E-state index contributed by atoms with van der Waals surface area (Å²) < 4.78 is 5.21. The van der Waals surface area contributed by atoms with Crippen LogP contribution < -0.4 is 11.1 Å². The molecule has 2 heterocycles. The molecule has 1 aliphatic heterocycles. The quantitative estimate of drug-likeness (QED) is 0.798. The van der Waals surface area contributed by atoms with E-state index in [9.17, 15) is 4.79 Å². The zero-order valence-electron chi connectivity index (χ0n) is 10.2. The number of amides is 1. The predicted molar refractivity (Wildman–Crippen MR) is 69.6 cm³/mol. The number of aromatic nitrogens is 1. The summed E-state index contributed by atoms with van der Waals surface area (Å²) >= 11 is 5.76. The van der Waals surface area contributed by atoms with Gasteiger partial charge in [0.05, 0.1) is 11.9 Å². The smallest absolute Gasteiger partial charge is 0.244 e. The molecule has 0 unspecified atom stereocenters. The third kappa shape index (κ3) is 2.80. The van der Waals surface area contributed by atoms with Crippen LogP contribution in [-0.4, -0.2) is 29.6 Å². The molecule has 0 radical (unpaired) electrons. The summed E-state index contributed by atoms with van der Waals surface area (Å²) in [7, 11) is 0. The number of ether oxygens (including phenoxy) is 1. The average molecular weight is 270 g/mol. The fourth-order valence-corrected chi connectivity index (χ4v) is 2.07. The predicted octanol–water partition coefficient (Wildman–Crippen LogP) is 1.49. The maximum atomic E-state index is 12.2. The minimum atomic E-state index is -0.857. The number of hydrogen-bond donors (Lipinski definition) is 2. The van der Waals surface area contributed by atoms with Crippen LogP contribution in [0.15, 0.2) is 12.3 Å². The molecule has 0 atom stereocenters. The fourth-order valence-electron chi connectivity index (χ4n) is 1.86. The molecule has 0 bridgehead atoms. The summed E-state index contributed by atoms with van der Waals surface area (Å²) in [6, 6.07) is 1.70. The third-order valence-corrected chi connectivity index (χ3v) is 3.37. The molecule has 1 amide bonds. The van der Waals surface area contributed by atoms with Gasteiger partial charge in [-0.25, -0.2) is 4.98 Å². The standard InChI is InChI=1S/C12H16ClN3O2/c1-8-6-10(13)15-7-9(8)16-11(17)12(14)2-4-18-5-3-12/h6-7H,2-5,14H2,1H3,(H,16,17). The van der Waals surface area contributed by atoms with Gasteiger partial charge in [0.1, 0.15) is 10.7 Å². The topological polar surface area (TPSA) is 77.2 Å². The lowest BCUT2D eigenvalue weighted by Crippen LogP contribution is -2.54. The second-order valence-corrected chi connectivity index (χ2v) is 4.93. The molecule has 0 saturated carbocycles. The second kappa shape index (κ2) is 5.22. The van der Waals surface area contributed by atoms with Gasteiger partial charge >= 0.3 is 0 Å². The second-order valence-electron chi connectivity index (χ2n) is 4.54. The van der Waals surface area contributed by atoms with Crippen LogP contribution in [0, 0.1) is 6.92 Å². The van der Waals surface area contributed by atoms with Gasteiger partial charge in [-0.2, -0.15) is 0 Å². The van der Waals surface area contributed by atoms with Crippen LogP contribution in [0.3, 0.4) is 0 Å². The zero-order chi connectivity index (χ0) is 13.2. The van der Waals surface area contributed by atoms with Crippen molar-refractivity contribution in [2.75, 3.05) is 18.5 Å². The number of nitrogens with two attached hydrogens (primary N) is 1. The maximum absolute atomic E-state index is 12.2. The van der Waals surface area contributed by atoms with Crippen LogP contribution in [0.1, 0.15) is 18.4 Å². The molecule has 1 saturated heterocycles. The Labute approximate surface area is 111 Å². The summed E-state index contributed by atoms with van der Waals surface area (Å²) in [5.74, 6) is -0.196. The summed E-state index contributed by atoms with van der Waals surface area (Å²) in [5.41, 5.74) is 6.73. The van der Waals surface area contributed by atoms with Crippen molar-refractivity contribution in [3.05, 3.63) is 23.0 Å². The number of aryl methyl sites for hydroxylation is 1. The van der Waals surface area contributed by atoms with Crippen molar-refractivity contribution >= 4 is 23.2 Å². The number of nitrogens with one attached hydrogen (secondary N) is 1. The summed E-state index contributed by atoms with van der Waals surface area (Å²) in [6.45, 7) is 2.89. The number of halogens is 1. The van der Waals surface area contributed by atoms with Crippen molar-refractivity contribution in [2.45, 2.75) is 25.3 Å². The van der Waals surface area contributed by atoms with Gasteiger partial charge in [0.2, 0.25) is 5.91 Å². The van der Waals surface area contributed by atoms with Crippen LogP contribution in [-0.2, 0) is 9.53 Å². The Bertz CT molecular complexity index is 459. The van der Waals surface area contributed by atoms with Gasteiger partial charge < -0.3 is 15.8 Å². The Morgan fingerprint density at radius 1 is 1.56 bits per heavy atom. The lowest BCUT2D eigenvalue weighted by molar-refractivity contribution is -0.124. The number of hydrogen-bond acceptors (Lipinski definition) is 4. The fraction of sp³-hybridized carbons (Fsp3) is 0.500. The van der Waals surface area contributed by atoms with E-state index in [0.29, 0.717) is 36.9 Å². The van der Waals surface area contributed by atoms with Gasteiger partial charge in [0.25, 0.3) is 0 Å². The van der Waals surface area contributed by atoms with Gasteiger partial charge in [0, 0.05) is 13.2 Å². The Hall–Kier alpha value is -1.17. The Morgan fingerprint density at radius 3 is 2.83 bits per heavy atom. The highest BCUT2D eigenvalue weighted by Gasteiger charge is 2.36. The summed E-state index contributed by atoms with van der Waals surface area (Å²) in [6.07, 6.45) is 2.59. The molecule has 0 aromatic carbocycles. The molecule has 98 valence electrons. The molecule has 1 aliphatic rings. The molecule has 1 aromatic heterocycles. The molecule has 3 N–H and O–H groups in total. The van der Waals surface area contributed by atoms with Crippen molar-refractivity contribution in [3.63, 3.8) is 0 Å². The average Bonchev–Trinajstić information content (AvgIpc) is 2.33. The van der Waals surface area contributed by atoms with Crippen LogP contribution in [0.25, 0.3) is 0 Å². The lowest BCUT2D eigenvalue weighted by Gasteiger charge is -2.31. The van der Waals surface area contributed by atoms with E-state index in [0.717, 1.165) is 5.56 Å². The van der Waals surface area contributed by atoms with Crippen molar-refractivity contribution in [3.8, 4) is 0 Å². The number of carbonyl (C=O) groups is 1. The molecule has 2 rings (SSSR count). The molecule has 1 fully saturated rings. The van der Waals surface area contributed by atoms with Gasteiger partial charge in [-0.05, 0) is 31.4 Å². The first-order valence-electron chi connectivity index (χ1n) is 5.81. The molecule has 0 aliphatic carbocycles. The summed E-state index contributed by atoms with van der Waals surface area (Å²) in [5, 5.41) is 3.21. The molecular formula is C12H16ClN3O2. The van der Waals surface area contributed by atoms with Crippen LogP contribution in [0.2, 0.25) is 5.15 Å². The molecule has 0 spiro atoms. The molecule has 18 heavy (non-hydrogen) atoms. The molecule has 5 nitrogen and oxygen atoms in total. The highest BCUT2D eigenvalue weighted by Crippen LogP contribution is 2.22. The van der Waals surface area contributed by atoms with Gasteiger partial charge in [-0.1, -0.05) is 11.6 Å². The molecular weight excluding hydrogens is 254 g/mol. The van der Waals surface area contributed by atoms with E-state index in [2.05, 4.69) is 10.3 Å². The van der Waals surface area contributed by atoms with Crippen LogP contribution >= 0.6 is 11.6 Å². The first kappa shape index (κ1) is 13.3. The number of rotatable bonds is 2. The Balaban J connectivity index is 2.11. The SMILES string of the molecule is Cc1cc(Cl)ncc1NC(=O)C1(N)CCOCC1. The number of nitrogens with zero attached hydrogens (tertiary/aromatic N) is 1. The molecule has 6 heteroatoms. The van der Waals surface area contributed by atoms with E-state index >= 15 is 0 Å². The zero-order valence-corrected chi connectivity index (χ0v) is 11.0. The normalized spacial score (nSPS) is 18.4. The monoisotopic (exact) mass is 269 g/mol. The van der Waals surface area contributed by atoms with Crippen molar-refractivity contribution in [1.82, 2.24) is 4.98 Å². The van der Waals surface area contributed by atoms with E-state index in [4.69, 9.17) is 22.1 Å². The third-order valence-electron chi connectivity index (χ3n) is 3.16. The highest BCUT2D eigenvalue weighted by atomic mass is 35.5. The largest absolute Gasteiger partial charge is 0.381 e. The lowest BCUT2D eigenvalue weighted by atomic mass is 9.90. The van der Waals surface area contributed by atoms with Crippen LogP contribution in [0.4, 0.5) is 5.69 Å². The van der Waals surface area contributed by atoms with E-state index in [-0.39, 0.29) is 5.91 Å². The number of anilines is 1. The number of carbonyl (C=O) groups excluding carboxylic acids is 1. The Kier molecular flexibility index (Phi) is 3.85. The van der Waals surface area contributed by atoms with Gasteiger partial charge in [0.15, 0.2) is 0 Å². The van der Waals surface area contributed by atoms with Crippen molar-refractivity contribution < 1.29 is 9.53 Å².